The smallest absolute Gasteiger partial charge is 0.189 e. The maximum atomic E-state index is 11.5. The third-order valence-electron chi connectivity index (χ3n) is 4.10. The van der Waals surface area contributed by atoms with Crippen molar-refractivity contribution in [2.75, 3.05) is 7.05 Å². The van der Waals surface area contributed by atoms with Crippen molar-refractivity contribution in [3.63, 3.8) is 0 Å². The number of aliphatic imine (C=N–C) groups is 1. The van der Waals surface area contributed by atoms with Crippen molar-refractivity contribution in [3.05, 3.63) is 60.2 Å². The number of nitrogens with zero attached hydrogens (tertiary/aromatic N) is 1. The van der Waals surface area contributed by atoms with Crippen LogP contribution in [0.3, 0.4) is 0 Å². The number of hydrogen-bond acceptors (Lipinski definition) is 2. The van der Waals surface area contributed by atoms with Gasteiger partial charge in [0.2, 0.25) is 0 Å². The highest BCUT2D eigenvalue weighted by atomic mass is 32.1. The van der Waals surface area contributed by atoms with Crippen LogP contribution in [-0.4, -0.2) is 17.9 Å². The van der Waals surface area contributed by atoms with Crippen LogP contribution >= 0.6 is 12.6 Å². The number of carbonyl (C=O) groups excluding carboxylic acids is 1. The van der Waals surface area contributed by atoms with Crippen molar-refractivity contribution in [2.24, 2.45) is 16.8 Å². The highest BCUT2D eigenvalue weighted by Gasteiger charge is 2.23. The van der Waals surface area contributed by atoms with Crippen LogP contribution in [0.15, 0.2) is 59.6 Å². The van der Waals surface area contributed by atoms with E-state index in [-0.39, 0.29) is 17.0 Å². The molecule has 2 aromatic rings. The quantitative estimate of drug-likeness (QED) is 0.639. The second-order valence-electron chi connectivity index (χ2n) is 5.47. The molecule has 0 saturated carbocycles. The Hall–Kier alpha value is -1.87. The van der Waals surface area contributed by atoms with Crippen LogP contribution in [0.1, 0.15) is 19.4 Å². The van der Waals surface area contributed by atoms with E-state index in [0.29, 0.717) is 0 Å². The molecule has 0 saturated heterocycles. The van der Waals surface area contributed by atoms with Crippen LogP contribution in [0.5, 0.6) is 0 Å². The molecule has 2 atom stereocenters. The number of carbonyl (C=O) groups is 1. The van der Waals surface area contributed by atoms with Crippen LogP contribution in [0.25, 0.3) is 11.1 Å². The van der Waals surface area contributed by atoms with Crippen LogP contribution in [0, 0.1) is 11.8 Å². The minimum atomic E-state index is -0.157. The fraction of sp³-hybridized carbons (Fsp3) is 0.263. The van der Waals surface area contributed by atoms with E-state index in [2.05, 4.69) is 54.0 Å². The summed E-state index contributed by atoms with van der Waals surface area (Å²) in [4.78, 5) is 15.9. The van der Waals surface area contributed by atoms with Crippen LogP contribution in [0.2, 0.25) is 0 Å². The van der Waals surface area contributed by atoms with Gasteiger partial charge in [-0.2, -0.15) is 0 Å². The summed E-state index contributed by atoms with van der Waals surface area (Å²) in [6.45, 7) is 3.91. The number of benzene rings is 2. The molecule has 2 nitrogen and oxygen atoms in total. The van der Waals surface area contributed by atoms with Gasteiger partial charge in [-0.1, -0.05) is 68.4 Å². The molecule has 0 aliphatic carbocycles. The van der Waals surface area contributed by atoms with Gasteiger partial charge in [-0.15, -0.1) is 12.6 Å². The molecule has 3 heteroatoms. The fourth-order valence-electron chi connectivity index (χ4n) is 2.51. The SMILES string of the molecule is CN=C(c1ccc(-c2ccccc2)cc1)C(C)C(C)C(=O)S. The van der Waals surface area contributed by atoms with Crippen molar-refractivity contribution in [1.29, 1.82) is 0 Å². The summed E-state index contributed by atoms with van der Waals surface area (Å²) >= 11 is 3.95. The van der Waals surface area contributed by atoms with E-state index < -0.39 is 0 Å². The Bertz CT molecular complexity index is 662. The van der Waals surface area contributed by atoms with Gasteiger partial charge in [0.1, 0.15) is 0 Å². The minimum Gasteiger partial charge on any atom is -0.292 e. The molecule has 0 bridgehead atoms. The van der Waals surface area contributed by atoms with Crippen molar-refractivity contribution < 1.29 is 4.79 Å². The maximum absolute atomic E-state index is 11.5. The largest absolute Gasteiger partial charge is 0.292 e. The molecule has 0 radical (unpaired) electrons. The zero-order chi connectivity index (χ0) is 16.1. The normalized spacial score (nSPS) is 14.5. The zero-order valence-corrected chi connectivity index (χ0v) is 14.0. The first-order valence-corrected chi connectivity index (χ1v) is 7.84. The fourth-order valence-corrected chi connectivity index (χ4v) is 2.73. The van der Waals surface area contributed by atoms with Crippen molar-refractivity contribution in [1.82, 2.24) is 0 Å². The monoisotopic (exact) mass is 311 g/mol. The molecule has 0 spiro atoms. The van der Waals surface area contributed by atoms with E-state index in [4.69, 9.17) is 0 Å². The lowest BCUT2D eigenvalue weighted by Gasteiger charge is -2.19. The second kappa shape index (κ2) is 7.41. The summed E-state index contributed by atoms with van der Waals surface area (Å²) in [5.41, 5.74) is 4.35. The summed E-state index contributed by atoms with van der Waals surface area (Å²) in [6, 6.07) is 18.6. The summed E-state index contributed by atoms with van der Waals surface area (Å²) in [6.07, 6.45) is 0. The minimum absolute atomic E-state index is 0.0394. The molecule has 0 aliphatic heterocycles. The molecule has 22 heavy (non-hydrogen) atoms. The molecule has 2 aromatic carbocycles. The molecule has 0 N–H and O–H groups in total. The van der Waals surface area contributed by atoms with Crippen LogP contribution in [-0.2, 0) is 4.79 Å². The number of thiol groups is 1. The lowest BCUT2D eigenvalue weighted by Crippen LogP contribution is -2.24. The summed E-state index contributed by atoms with van der Waals surface area (Å²) in [5.74, 6) is -0.117. The topological polar surface area (TPSA) is 29.4 Å². The Balaban J connectivity index is 2.27. The zero-order valence-electron chi connectivity index (χ0n) is 13.2. The van der Waals surface area contributed by atoms with Gasteiger partial charge >= 0.3 is 0 Å². The van der Waals surface area contributed by atoms with Gasteiger partial charge in [0.25, 0.3) is 0 Å². The Morgan fingerprint density at radius 2 is 1.45 bits per heavy atom. The van der Waals surface area contributed by atoms with Crippen molar-refractivity contribution in [3.8, 4) is 11.1 Å². The van der Waals surface area contributed by atoms with Crippen LogP contribution < -0.4 is 0 Å². The van der Waals surface area contributed by atoms with E-state index in [1.165, 1.54) is 11.1 Å². The van der Waals surface area contributed by atoms with E-state index in [9.17, 15) is 4.79 Å². The van der Waals surface area contributed by atoms with Gasteiger partial charge in [-0.25, -0.2) is 0 Å². The number of rotatable bonds is 5. The summed E-state index contributed by atoms with van der Waals surface area (Å²) < 4.78 is 0. The third-order valence-corrected chi connectivity index (χ3v) is 4.51. The predicted octanol–water partition coefficient (Wildman–Crippen LogP) is 4.50. The van der Waals surface area contributed by atoms with Crippen molar-refractivity contribution >= 4 is 23.5 Å². The third kappa shape index (κ3) is 3.66. The Morgan fingerprint density at radius 3 is 1.95 bits per heavy atom. The van der Waals surface area contributed by atoms with E-state index in [1.54, 1.807) is 7.05 Å². The van der Waals surface area contributed by atoms with Gasteiger partial charge in [0.05, 0.1) is 0 Å². The van der Waals surface area contributed by atoms with E-state index in [0.717, 1.165) is 11.3 Å². The summed E-state index contributed by atoms with van der Waals surface area (Å²) in [7, 11) is 1.77. The Labute approximate surface area is 137 Å². The van der Waals surface area contributed by atoms with Gasteiger partial charge in [0.15, 0.2) is 5.12 Å². The molecular weight excluding hydrogens is 290 g/mol. The Morgan fingerprint density at radius 1 is 0.909 bits per heavy atom. The number of hydrogen-bond donors (Lipinski definition) is 1. The molecule has 114 valence electrons. The predicted molar refractivity (Wildman–Crippen MR) is 96.7 cm³/mol. The first kappa shape index (κ1) is 16.5. The standard InChI is InChI=1S/C19H21NOS/c1-13(14(2)19(21)22)18(20-3)17-11-9-16(10-12-17)15-7-5-4-6-8-15/h4-14H,1-3H3,(H,21,22). The van der Waals surface area contributed by atoms with Gasteiger partial charge in [-0.3, -0.25) is 9.79 Å². The molecule has 0 aromatic heterocycles. The molecule has 0 fully saturated rings. The van der Waals surface area contributed by atoms with Gasteiger partial charge < -0.3 is 0 Å². The highest BCUT2D eigenvalue weighted by Crippen LogP contribution is 2.23. The summed E-state index contributed by atoms with van der Waals surface area (Å²) in [5, 5.41) is -0.102. The molecule has 0 aliphatic rings. The molecule has 0 heterocycles. The lowest BCUT2D eigenvalue weighted by atomic mass is 9.88. The molecule has 2 rings (SSSR count). The first-order valence-electron chi connectivity index (χ1n) is 7.40. The van der Waals surface area contributed by atoms with E-state index >= 15 is 0 Å². The average Bonchev–Trinajstić information content (AvgIpc) is 2.56. The van der Waals surface area contributed by atoms with Gasteiger partial charge in [0, 0.05) is 24.6 Å². The average molecular weight is 311 g/mol. The molecular formula is C19H21NOS. The molecule has 2 unspecified atom stereocenters. The highest BCUT2D eigenvalue weighted by molar-refractivity contribution is 7.96. The first-order chi connectivity index (χ1) is 10.5. The van der Waals surface area contributed by atoms with Gasteiger partial charge in [-0.05, 0) is 16.7 Å². The Kier molecular flexibility index (Phi) is 5.56. The van der Waals surface area contributed by atoms with E-state index in [1.807, 2.05) is 32.0 Å². The van der Waals surface area contributed by atoms with Crippen LogP contribution in [0.4, 0.5) is 0 Å². The van der Waals surface area contributed by atoms with Crippen molar-refractivity contribution in [2.45, 2.75) is 13.8 Å². The molecule has 0 amide bonds. The lowest BCUT2D eigenvalue weighted by molar-refractivity contribution is -0.114. The second-order valence-corrected chi connectivity index (χ2v) is 5.91. The maximum Gasteiger partial charge on any atom is 0.189 e.